The average Bonchev–Trinajstić information content (AvgIpc) is 2.53. The molecule has 1 N–H and O–H groups in total. The van der Waals surface area contributed by atoms with Crippen LogP contribution in [0, 0.1) is 5.92 Å². The largest absolute Gasteiger partial charge is 0.467 e. The van der Waals surface area contributed by atoms with Crippen LogP contribution < -0.4 is 5.32 Å². The molecule has 0 aliphatic carbocycles. The number of esters is 1. The molecule has 1 rings (SSSR count). The van der Waals surface area contributed by atoms with E-state index in [4.69, 9.17) is 4.74 Å². The van der Waals surface area contributed by atoms with Gasteiger partial charge in [-0.05, 0) is 31.7 Å². The first kappa shape index (κ1) is 20.2. The Morgan fingerprint density at radius 1 is 1.12 bits per heavy atom. The van der Waals surface area contributed by atoms with E-state index in [9.17, 15) is 9.59 Å². The summed E-state index contributed by atoms with van der Waals surface area (Å²) in [6.45, 7) is 9.08. The molecule has 1 aromatic carbocycles. The molecule has 24 heavy (non-hydrogen) atoms. The number of amides is 1. The van der Waals surface area contributed by atoms with Gasteiger partial charge in [0, 0.05) is 12.6 Å². The third-order valence-corrected chi connectivity index (χ3v) is 3.83. The van der Waals surface area contributed by atoms with Crippen molar-refractivity contribution in [1.29, 1.82) is 0 Å². The number of methoxy groups -OCH3 is 1. The summed E-state index contributed by atoms with van der Waals surface area (Å²) in [7, 11) is 1.34. The van der Waals surface area contributed by atoms with Crippen molar-refractivity contribution in [3.05, 3.63) is 35.9 Å². The van der Waals surface area contributed by atoms with Crippen LogP contribution in [0.3, 0.4) is 0 Å². The van der Waals surface area contributed by atoms with Gasteiger partial charge in [-0.15, -0.1) is 0 Å². The molecule has 0 aliphatic heterocycles. The van der Waals surface area contributed by atoms with Crippen LogP contribution in [0.15, 0.2) is 30.3 Å². The van der Waals surface area contributed by atoms with E-state index in [0.29, 0.717) is 18.9 Å². The summed E-state index contributed by atoms with van der Waals surface area (Å²) in [4.78, 5) is 26.3. The number of hydrogen-bond acceptors (Lipinski definition) is 4. The Hall–Kier alpha value is -1.88. The van der Waals surface area contributed by atoms with Crippen LogP contribution in [0.4, 0.5) is 0 Å². The molecule has 0 fully saturated rings. The number of benzene rings is 1. The van der Waals surface area contributed by atoms with E-state index in [0.717, 1.165) is 5.56 Å². The predicted octanol–water partition coefficient (Wildman–Crippen LogP) is 2.60. The second kappa shape index (κ2) is 10.1. The summed E-state index contributed by atoms with van der Waals surface area (Å²) in [5.41, 5.74) is 1.16. The summed E-state index contributed by atoms with van der Waals surface area (Å²) in [5.74, 6) is -0.258. The molecule has 0 saturated carbocycles. The first-order chi connectivity index (χ1) is 11.3. The highest BCUT2D eigenvalue weighted by atomic mass is 16.5. The van der Waals surface area contributed by atoms with Gasteiger partial charge in [-0.25, -0.2) is 4.79 Å². The molecule has 1 aromatic rings. The average molecular weight is 334 g/mol. The minimum Gasteiger partial charge on any atom is -0.467 e. The van der Waals surface area contributed by atoms with Crippen molar-refractivity contribution >= 4 is 11.9 Å². The quantitative estimate of drug-likeness (QED) is 0.705. The van der Waals surface area contributed by atoms with Gasteiger partial charge in [-0.2, -0.15) is 0 Å². The van der Waals surface area contributed by atoms with Crippen molar-refractivity contribution in [2.75, 3.05) is 13.7 Å². The van der Waals surface area contributed by atoms with Gasteiger partial charge in [-0.3, -0.25) is 9.69 Å². The molecular formula is C19H30N2O3. The molecule has 1 amide bonds. The lowest BCUT2D eigenvalue weighted by Gasteiger charge is -2.27. The lowest BCUT2D eigenvalue weighted by Crippen LogP contribution is -2.47. The van der Waals surface area contributed by atoms with E-state index in [2.05, 4.69) is 24.1 Å². The zero-order valence-corrected chi connectivity index (χ0v) is 15.4. The molecule has 1 atom stereocenters. The summed E-state index contributed by atoms with van der Waals surface area (Å²) in [6, 6.07) is 9.68. The van der Waals surface area contributed by atoms with E-state index in [1.165, 1.54) is 7.11 Å². The first-order valence-electron chi connectivity index (χ1n) is 8.48. The minimum absolute atomic E-state index is 0.157. The SMILES string of the molecule is COC(=O)C(CC(C)C)NC(=O)CN(Cc1ccccc1)C(C)C. The first-order valence-corrected chi connectivity index (χ1v) is 8.48. The van der Waals surface area contributed by atoms with Crippen molar-refractivity contribution in [3.63, 3.8) is 0 Å². The number of nitrogens with one attached hydrogen (secondary N) is 1. The van der Waals surface area contributed by atoms with Crippen LogP contribution in [0.5, 0.6) is 0 Å². The molecule has 0 bridgehead atoms. The van der Waals surface area contributed by atoms with Gasteiger partial charge in [0.05, 0.1) is 13.7 Å². The summed E-state index contributed by atoms with van der Waals surface area (Å²) in [6.07, 6.45) is 0.568. The zero-order chi connectivity index (χ0) is 18.1. The highest BCUT2D eigenvalue weighted by molar-refractivity contribution is 5.85. The van der Waals surface area contributed by atoms with Crippen LogP contribution in [-0.4, -0.2) is 42.5 Å². The highest BCUT2D eigenvalue weighted by Gasteiger charge is 2.24. The number of carbonyl (C=O) groups excluding carboxylic acids is 2. The smallest absolute Gasteiger partial charge is 0.328 e. The van der Waals surface area contributed by atoms with Crippen molar-refractivity contribution in [2.24, 2.45) is 5.92 Å². The third kappa shape index (κ3) is 7.13. The monoisotopic (exact) mass is 334 g/mol. The predicted molar refractivity (Wildman–Crippen MR) is 95.4 cm³/mol. The Bertz CT molecular complexity index is 515. The maximum Gasteiger partial charge on any atom is 0.328 e. The van der Waals surface area contributed by atoms with E-state index in [-0.39, 0.29) is 18.5 Å². The molecule has 0 aliphatic rings. The van der Waals surface area contributed by atoms with Crippen molar-refractivity contribution in [2.45, 2.75) is 52.7 Å². The summed E-state index contributed by atoms with van der Waals surface area (Å²) >= 11 is 0. The Labute approximate surface area is 145 Å². The second-order valence-electron chi connectivity index (χ2n) is 6.76. The fourth-order valence-corrected chi connectivity index (χ4v) is 2.49. The van der Waals surface area contributed by atoms with Gasteiger partial charge < -0.3 is 10.1 Å². The molecule has 5 heteroatoms. The molecule has 0 heterocycles. The number of nitrogens with zero attached hydrogens (tertiary/aromatic N) is 1. The van der Waals surface area contributed by atoms with Crippen molar-refractivity contribution < 1.29 is 14.3 Å². The van der Waals surface area contributed by atoms with E-state index in [1.807, 2.05) is 44.2 Å². The number of hydrogen-bond donors (Lipinski definition) is 1. The highest BCUT2D eigenvalue weighted by Crippen LogP contribution is 2.09. The molecule has 0 spiro atoms. The lowest BCUT2D eigenvalue weighted by atomic mass is 10.0. The molecule has 1 unspecified atom stereocenters. The standard InChI is InChI=1S/C19H30N2O3/c1-14(2)11-17(19(23)24-5)20-18(22)13-21(15(3)4)12-16-9-7-6-8-10-16/h6-10,14-15,17H,11-13H2,1-5H3,(H,20,22). The summed E-state index contributed by atoms with van der Waals surface area (Å²) < 4.78 is 4.79. The normalized spacial score (nSPS) is 12.5. The topological polar surface area (TPSA) is 58.6 Å². The number of carbonyl (C=O) groups is 2. The fraction of sp³-hybridized carbons (Fsp3) is 0.579. The molecule has 5 nitrogen and oxygen atoms in total. The van der Waals surface area contributed by atoms with Crippen LogP contribution >= 0.6 is 0 Å². The van der Waals surface area contributed by atoms with Crippen LogP contribution in [0.1, 0.15) is 39.7 Å². The number of ether oxygens (including phenoxy) is 1. The number of rotatable bonds is 9. The van der Waals surface area contributed by atoms with Crippen molar-refractivity contribution in [3.8, 4) is 0 Å². The third-order valence-electron chi connectivity index (χ3n) is 3.83. The van der Waals surface area contributed by atoms with Crippen molar-refractivity contribution in [1.82, 2.24) is 10.2 Å². The van der Waals surface area contributed by atoms with Gasteiger partial charge >= 0.3 is 5.97 Å². The van der Waals surface area contributed by atoms with E-state index >= 15 is 0 Å². The second-order valence-corrected chi connectivity index (χ2v) is 6.76. The lowest BCUT2D eigenvalue weighted by molar-refractivity contribution is -0.145. The Kier molecular flexibility index (Phi) is 8.47. The van der Waals surface area contributed by atoms with E-state index in [1.54, 1.807) is 0 Å². The molecular weight excluding hydrogens is 304 g/mol. The zero-order valence-electron chi connectivity index (χ0n) is 15.4. The maximum absolute atomic E-state index is 12.4. The minimum atomic E-state index is -0.590. The summed E-state index contributed by atoms with van der Waals surface area (Å²) in [5, 5.41) is 2.82. The van der Waals surface area contributed by atoms with Crippen LogP contribution in [0.2, 0.25) is 0 Å². The van der Waals surface area contributed by atoms with Gasteiger partial charge in [0.15, 0.2) is 0 Å². The molecule has 0 saturated heterocycles. The van der Waals surface area contributed by atoms with Gasteiger partial charge in [0.2, 0.25) is 5.91 Å². The molecule has 0 aromatic heterocycles. The Balaban J connectivity index is 2.68. The van der Waals surface area contributed by atoms with Gasteiger partial charge in [-0.1, -0.05) is 44.2 Å². The van der Waals surface area contributed by atoms with Gasteiger partial charge in [0.25, 0.3) is 0 Å². The maximum atomic E-state index is 12.4. The van der Waals surface area contributed by atoms with Gasteiger partial charge in [0.1, 0.15) is 6.04 Å². The Morgan fingerprint density at radius 3 is 2.25 bits per heavy atom. The Morgan fingerprint density at radius 2 is 1.75 bits per heavy atom. The van der Waals surface area contributed by atoms with Crippen LogP contribution in [-0.2, 0) is 20.9 Å². The molecule has 134 valence electrons. The molecule has 0 radical (unpaired) electrons. The van der Waals surface area contributed by atoms with E-state index < -0.39 is 12.0 Å². The fourth-order valence-electron chi connectivity index (χ4n) is 2.49. The van der Waals surface area contributed by atoms with Crippen LogP contribution in [0.25, 0.3) is 0 Å².